The average Bonchev–Trinajstić information content (AvgIpc) is 3.28. The molecular formula is C23H18N4O3S. The summed E-state index contributed by atoms with van der Waals surface area (Å²) in [6, 6.07) is 19.2. The molecule has 0 saturated carbocycles. The van der Waals surface area contributed by atoms with Gasteiger partial charge in [0.15, 0.2) is 10.5 Å². The Hall–Kier alpha value is -3.78. The van der Waals surface area contributed by atoms with Crippen molar-refractivity contribution in [3.63, 3.8) is 0 Å². The van der Waals surface area contributed by atoms with Crippen molar-refractivity contribution >= 4 is 28.2 Å². The molecule has 154 valence electrons. The van der Waals surface area contributed by atoms with E-state index in [1.54, 1.807) is 0 Å². The minimum absolute atomic E-state index is 0.0885. The zero-order valence-electron chi connectivity index (χ0n) is 16.6. The normalized spacial score (nSPS) is 15.5. The summed E-state index contributed by atoms with van der Waals surface area (Å²) in [6.07, 6.45) is 0. The van der Waals surface area contributed by atoms with E-state index in [-0.39, 0.29) is 12.1 Å². The van der Waals surface area contributed by atoms with Crippen LogP contribution in [-0.2, 0) is 16.9 Å². The Morgan fingerprint density at radius 3 is 2.19 bits per heavy atom. The minimum atomic E-state index is -1.34. The molecule has 7 nitrogen and oxygen atoms in total. The zero-order chi connectivity index (χ0) is 21.6. The van der Waals surface area contributed by atoms with Gasteiger partial charge in [0.25, 0.3) is 11.5 Å². The highest BCUT2D eigenvalue weighted by atomic mass is 32.1. The van der Waals surface area contributed by atoms with Gasteiger partial charge in [-0.05, 0) is 18.1 Å². The van der Waals surface area contributed by atoms with E-state index in [9.17, 15) is 14.4 Å². The minimum Gasteiger partial charge on any atom is -0.315 e. The first-order valence-electron chi connectivity index (χ1n) is 9.72. The summed E-state index contributed by atoms with van der Waals surface area (Å²) in [6.45, 7) is 1.74. The van der Waals surface area contributed by atoms with Crippen molar-refractivity contribution in [1.29, 1.82) is 0 Å². The highest BCUT2D eigenvalue weighted by Crippen LogP contribution is 2.36. The van der Waals surface area contributed by atoms with Gasteiger partial charge in [-0.15, -0.1) is 11.3 Å². The van der Waals surface area contributed by atoms with Gasteiger partial charge < -0.3 is 5.32 Å². The van der Waals surface area contributed by atoms with E-state index in [1.807, 2.05) is 73.0 Å². The highest BCUT2D eigenvalue weighted by Gasteiger charge is 2.53. The number of rotatable bonds is 4. The largest absolute Gasteiger partial charge is 0.325 e. The fourth-order valence-electron chi connectivity index (χ4n) is 4.00. The SMILES string of the molecule is Cc1csc2nc(CN3C(=O)NC(c4ccccc4)(c4ccccc4)C3=O)cc(=O)n12. The van der Waals surface area contributed by atoms with Gasteiger partial charge in [-0.2, -0.15) is 0 Å². The number of thiazole rings is 1. The Labute approximate surface area is 181 Å². The maximum absolute atomic E-state index is 13.7. The second-order valence-electron chi connectivity index (χ2n) is 7.38. The van der Waals surface area contributed by atoms with Gasteiger partial charge in [-0.25, -0.2) is 9.78 Å². The van der Waals surface area contributed by atoms with E-state index in [4.69, 9.17) is 0 Å². The Morgan fingerprint density at radius 1 is 0.968 bits per heavy atom. The molecule has 2 aromatic heterocycles. The van der Waals surface area contributed by atoms with E-state index in [0.717, 1.165) is 10.6 Å². The molecule has 0 aliphatic carbocycles. The van der Waals surface area contributed by atoms with Crippen LogP contribution < -0.4 is 10.9 Å². The molecule has 0 spiro atoms. The van der Waals surface area contributed by atoms with Crippen molar-refractivity contribution in [2.45, 2.75) is 19.0 Å². The zero-order valence-corrected chi connectivity index (χ0v) is 17.4. The van der Waals surface area contributed by atoms with Crippen LogP contribution >= 0.6 is 11.3 Å². The molecule has 1 fully saturated rings. The van der Waals surface area contributed by atoms with E-state index in [2.05, 4.69) is 10.3 Å². The summed E-state index contributed by atoms with van der Waals surface area (Å²) in [5.74, 6) is -0.403. The summed E-state index contributed by atoms with van der Waals surface area (Å²) in [5, 5.41) is 4.75. The van der Waals surface area contributed by atoms with E-state index >= 15 is 0 Å². The highest BCUT2D eigenvalue weighted by molar-refractivity contribution is 7.15. The lowest BCUT2D eigenvalue weighted by atomic mass is 9.82. The Bertz CT molecular complexity index is 1320. The summed E-state index contributed by atoms with van der Waals surface area (Å²) < 4.78 is 1.51. The summed E-state index contributed by atoms with van der Waals surface area (Å²) in [7, 11) is 0. The van der Waals surface area contributed by atoms with Gasteiger partial charge in [0.2, 0.25) is 0 Å². The van der Waals surface area contributed by atoms with Gasteiger partial charge >= 0.3 is 6.03 Å². The predicted octanol–water partition coefficient (Wildman–Crippen LogP) is 3.06. The van der Waals surface area contributed by atoms with Crippen LogP contribution in [0.1, 0.15) is 22.5 Å². The van der Waals surface area contributed by atoms with Crippen LogP contribution in [0.2, 0.25) is 0 Å². The van der Waals surface area contributed by atoms with Crippen LogP contribution in [-0.4, -0.2) is 26.2 Å². The molecule has 31 heavy (non-hydrogen) atoms. The molecular weight excluding hydrogens is 412 g/mol. The molecule has 8 heteroatoms. The third-order valence-corrected chi connectivity index (χ3v) is 6.41. The van der Waals surface area contributed by atoms with E-state index in [0.29, 0.717) is 21.8 Å². The van der Waals surface area contributed by atoms with Crippen molar-refractivity contribution in [2.24, 2.45) is 0 Å². The Balaban J connectivity index is 1.59. The van der Waals surface area contributed by atoms with Gasteiger partial charge in [-0.3, -0.25) is 18.9 Å². The van der Waals surface area contributed by atoms with Crippen LogP contribution in [0.15, 0.2) is 76.9 Å². The number of fused-ring (bicyclic) bond motifs is 1. The summed E-state index contributed by atoms with van der Waals surface area (Å²) in [5.41, 5.74) is 0.929. The third-order valence-electron chi connectivity index (χ3n) is 5.47. The number of aryl methyl sites for hydroxylation is 1. The molecule has 3 amide bonds. The number of carbonyl (C=O) groups is 2. The molecule has 1 saturated heterocycles. The van der Waals surface area contributed by atoms with Crippen LogP contribution in [0.25, 0.3) is 4.96 Å². The first-order chi connectivity index (χ1) is 15.0. The Morgan fingerprint density at radius 2 is 1.58 bits per heavy atom. The number of hydrogen-bond donors (Lipinski definition) is 1. The number of nitrogens with zero attached hydrogens (tertiary/aromatic N) is 3. The lowest BCUT2D eigenvalue weighted by Gasteiger charge is -2.28. The number of hydrogen-bond acceptors (Lipinski definition) is 5. The van der Waals surface area contributed by atoms with Gasteiger partial charge in [0, 0.05) is 17.1 Å². The number of urea groups is 1. The monoisotopic (exact) mass is 430 g/mol. The molecule has 0 unspecified atom stereocenters. The quantitative estimate of drug-likeness (QED) is 0.505. The fraction of sp³-hybridized carbons (Fsp3) is 0.130. The van der Waals surface area contributed by atoms with Crippen molar-refractivity contribution in [3.05, 3.63) is 105 Å². The number of benzene rings is 2. The molecule has 4 aromatic rings. The number of nitrogens with one attached hydrogen (secondary N) is 1. The van der Waals surface area contributed by atoms with Crippen LogP contribution in [0.4, 0.5) is 4.79 Å². The van der Waals surface area contributed by atoms with Gasteiger partial charge in [0.05, 0.1) is 12.2 Å². The fourth-order valence-corrected chi connectivity index (χ4v) is 4.89. The summed E-state index contributed by atoms with van der Waals surface area (Å²) in [4.78, 5) is 45.4. The average molecular weight is 430 g/mol. The lowest BCUT2D eigenvalue weighted by Crippen LogP contribution is -2.45. The van der Waals surface area contributed by atoms with Crippen LogP contribution in [0, 0.1) is 6.92 Å². The Kier molecular flexibility index (Phi) is 4.44. The molecule has 0 atom stereocenters. The molecule has 1 N–H and O–H groups in total. The molecule has 0 bridgehead atoms. The lowest BCUT2D eigenvalue weighted by molar-refractivity contribution is -0.130. The number of aromatic nitrogens is 2. The van der Waals surface area contributed by atoms with E-state index < -0.39 is 17.5 Å². The molecule has 0 radical (unpaired) electrons. The predicted molar refractivity (Wildman–Crippen MR) is 117 cm³/mol. The maximum atomic E-state index is 13.7. The van der Waals surface area contributed by atoms with Crippen molar-refractivity contribution in [1.82, 2.24) is 19.6 Å². The van der Waals surface area contributed by atoms with Crippen LogP contribution in [0.3, 0.4) is 0 Å². The molecule has 3 heterocycles. The number of amides is 3. The van der Waals surface area contributed by atoms with Crippen molar-refractivity contribution < 1.29 is 9.59 Å². The molecule has 1 aliphatic rings. The summed E-state index contributed by atoms with van der Waals surface area (Å²) >= 11 is 1.34. The maximum Gasteiger partial charge on any atom is 0.325 e. The van der Waals surface area contributed by atoms with Gasteiger partial charge in [0.1, 0.15) is 0 Å². The second kappa shape index (κ2) is 7.17. The molecule has 2 aromatic carbocycles. The number of carbonyl (C=O) groups excluding carboxylic acids is 2. The molecule has 5 rings (SSSR count). The van der Waals surface area contributed by atoms with Crippen LogP contribution in [0.5, 0.6) is 0 Å². The first-order valence-corrected chi connectivity index (χ1v) is 10.6. The smallest absolute Gasteiger partial charge is 0.315 e. The van der Waals surface area contributed by atoms with Crippen molar-refractivity contribution in [2.75, 3.05) is 0 Å². The van der Waals surface area contributed by atoms with E-state index in [1.165, 1.54) is 21.8 Å². The third kappa shape index (κ3) is 2.95. The second-order valence-corrected chi connectivity index (χ2v) is 8.22. The molecule has 1 aliphatic heterocycles. The number of imide groups is 1. The first kappa shape index (κ1) is 19.2. The topological polar surface area (TPSA) is 83.8 Å². The standard InChI is InChI=1S/C23H18N4O3S/c1-15-14-31-22-24-18(12-19(28)27(15)22)13-26-20(29)23(25-21(26)30,16-8-4-2-5-9-16)17-10-6-3-7-11-17/h2-12,14H,13H2,1H3,(H,25,30). The van der Waals surface area contributed by atoms with Gasteiger partial charge in [-0.1, -0.05) is 60.7 Å². The van der Waals surface area contributed by atoms with Crippen molar-refractivity contribution in [3.8, 4) is 0 Å².